The van der Waals surface area contributed by atoms with E-state index in [0.29, 0.717) is 11.3 Å². The van der Waals surface area contributed by atoms with Crippen molar-refractivity contribution >= 4 is 34.8 Å². The van der Waals surface area contributed by atoms with E-state index < -0.39 is 27.4 Å². The molecule has 2 aromatic carbocycles. The number of non-ortho nitro benzene ring substituents is 1. The van der Waals surface area contributed by atoms with Crippen LogP contribution in [0.4, 0.5) is 11.4 Å². The van der Waals surface area contributed by atoms with E-state index in [0.717, 1.165) is 11.3 Å². The van der Waals surface area contributed by atoms with Gasteiger partial charge < -0.3 is 4.74 Å². The number of benzene rings is 2. The van der Waals surface area contributed by atoms with Gasteiger partial charge in [0.25, 0.3) is 16.9 Å². The molecule has 4 rings (SSSR count). The summed E-state index contributed by atoms with van der Waals surface area (Å²) < 4.78 is 6.62. The van der Waals surface area contributed by atoms with Crippen molar-refractivity contribution in [3.05, 3.63) is 111 Å². The minimum Gasteiger partial charge on any atom is -0.463 e. The van der Waals surface area contributed by atoms with Crippen LogP contribution in [-0.4, -0.2) is 27.0 Å². The van der Waals surface area contributed by atoms with Crippen LogP contribution in [0.1, 0.15) is 31.0 Å². The van der Waals surface area contributed by atoms with Crippen LogP contribution in [0.5, 0.6) is 0 Å². The number of nitrogens with zero attached hydrogens (tertiary/aromatic N) is 4. The van der Waals surface area contributed by atoms with Crippen LogP contribution in [0.2, 0.25) is 0 Å². The molecule has 1 aliphatic heterocycles. The molecular formula is C23H18N4O7S. The second-order valence-electron chi connectivity index (χ2n) is 7.47. The van der Waals surface area contributed by atoms with E-state index in [9.17, 15) is 29.8 Å². The van der Waals surface area contributed by atoms with E-state index in [2.05, 4.69) is 4.99 Å². The van der Waals surface area contributed by atoms with Gasteiger partial charge in [-0.15, -0.1) is 0 Å². The zero-order valence-electron chi connectivity index (χ0n) is 18.5. The van der Waals surface area contributed by atoms with Crippen molar-refractivity contribution in [2.75, 3.05) is 6.61 Å². The number of hydrogen-bond acceptors (Lipinski definition) is 9. The molecule has 1 aliphatic rings. The number of aromatic nitrogens is 1. The summed E-state index contributed by atoms with van der Waals surface area (Å²) in [6, 6.07) is 10.6. The topological polar surface area (TPSA) is 147 Å². The first kappa shape index (κ1) is 23.7. The summed E-state index contributed by atoms with van der Waals surface area (Å²) in [6.45, 7) is 3.31. The molecule has 0 saturated heterocycles. The number of nitro benzene ring substituents is 2. The molecule has 2 heterocycles. The van der Waals surface area contributed by atoms with Crippen molar-refractivity contribution < 1.29 is 19.4 Å². The van der Waals surface area contributed by atoms with Gasteiger partial charge in [0.2, 0.25) is 0 Å². The third-order valence-corrected chi connectivity index (χ3v) is 6.32. The van der Waals surface area contributed by atoms with Crippen LogP contribution in [0.25, 0.3) is 6.08 Å². The zero-order chi connectivity index (χ0) is 25.3. The minimum absolute atomic E-state index is 0.0805. The Hall–Kier alpha value is -4.45. The molecule has 1 atom stereocenters. The standard InChI is InChI=1S/C23H18N4O7S/c1-3-34-22(29)19-13(2)24-23-25(20(19)15-8-6-9-16(11-15)26(30)31)21(28)18(35-23)12-14-7-4-5-10-17(14)27(32)33/h4-12,20H,3H2,1-2H3. The van der Waals surface area contributed by atoms with E-state index in [1.165, 1.54) is 47.0 Å². The van der Waals surface area contributed by atoms with Gasteiger partial charge in [0.1, 0.15) is 0 Å². The summed E-state index contributed by atoms with van der Waals surface area (Å²) in [4.78, 5) is 52.8. The molecule has 0 fully saturated rings. The maximum atomic E-state index is 13.5. The van der Waals surface area contributed by atoms with Gasteiger partial charge in [0.15, 0.2) is 4.80 Å². The summed E-state index contributed by atoms with van der Waals surface area (Å²) >= 11 is 1.00. The van der Waals surface area contributed by atoms with Crippen LogP contribution in [-0.2, 0) is 9.53 Å². The average molecular weight is 494 g/mol. The van der Waals surface area contributed by atoms with E-state index in [1.54, 1.807) is 26.0 Å². The van der Waals surface area contributed by atoms with Gasteiger partial charge in [0.05, 0.1) is 43.9 Å². The monoisotopic (exact) mass is 494 g/mol. The predicted molar refractivity (Wildman–Crippen MR) is 127 cm³/mol. The predicted octanol–water partition coefficient (Wildman–Crippen LogP) is 2.61. The number of nitro groups is 2. The Bertz CT molecular complexity index is 1590. The lowest BCUT2D eigenvalue weighted by Crippen LogP contribution is -2.40. The van der Waals surface area contributed by atoms with E-state index in [1.807, 2.05) is 0 Å². The summed E-state index contributed by atoms with van der Waals surface area (Å²) in [5, 5.41) is 22.8. The van der Waals surface area contributed by atoms with Crippen LogP contribution in [0, 0.1) is 20.2 Å². The lowest BCUT2D eigenvalue weighted by molar-refractivity contribution is -0.385. The molecule has 0 N–H and O–H groups in total. The van der Waals surface area contributed by atoms with E-state index in [4.69, 9.17) is 4.74 Å². The number of thiazole rings is 1. The molecule has 11 nitrogen and oxygen atoms in total. The quantitative estimate of drug-likeness (QED) is 0.291. The Labute approximate surface area is 201 Å². The zero-order valence-corrected chi connectivity index (χ0v) is 19.4. The third-order valence-electron chi connectivity index (χ3n) is 5.33. The third kappa shape index (κ3) is 4.38. The lowest BCUT2D eigenvalue weighted by Gasteiger charge is -2.24. The molecule has 178 valence electrons. The van der Waals surface area contributed by atoms with Crippen LogP contribution < -0.4 is 14.9 Å². The molecule has 0 radical (unpaired) electrons. The summed E-state index contributed by atoms with van der Waals surface area (Å²) in [5.74, 6) is -0.696. The van der Waals surface area contributed by atoms with Gasteiger partial charge in [-0.1, -0.05) is 35.6 Å². The first-order valence-electron chi connectivity index (χ1n) is 10.4. The molecule has 0 saturated carbocycles. The molecule has 3 aromatic rings. The number of esters is 1. The summed E-state index contributed by atoms with van der Waals surface area (Å²) in [7, 11) is 0. The number of para-hydroxylation sites is 1. The first-order valence-corrected chi connectivity index (χ1v) is 11.2. The highest BCUT2D eigenvalue weighted by atomic mass is 32.1. The van der Waals surface area contributed by atoms with Crippen molar-refractivity contribution in [3.8, 4) is 0 Å². The van der Waals surface area contributed by atoms with Gasteiger partial charge in [-0.2, -0.15) is 0 Å². The Morgan fingerprint density at radius 2 is 1.91 bits per heavy atom. The molecule has 0 amide bonds. The Kier molecular flexibility index (Phi) is 6.38. The van der Waals surface area contributed by atoms with Crippen molar-refractivity contribution in [2.45, 2.75) is 19.9 Å². The summed E-state index contributed by atoms with van der Waals surface area (Å²) in [6.07, 6.45) is 1.40. The molecule has 0 aliphatic carbocycles. The number of ether oxygens (including phenoxy) is 1. The van der Waals surface area contributed by atoms with Gasteiger partial charge in [-0.05, 0) is 31.6 Å². The Morgan fingerprint density at radius 1 is 1.17 bits per heavy atom. The molecule has 1 unspecified atom stereocenters. The SMILES string of the molecule is CCOC(=O)C1=C(C)N=c2sc(=Cc3ccccc3[N+](=O)[O-])c(=O)n2C1c1cccc([N+](=O)[O-])c1. The number of hydrogen-bond donors (Lipinski definition) is 0. The highest BCUT2D eigenvalue weighted by Crippen LogP contribution is 2.32. The molecular weight excluding hydrogens is 476 g/mol. The average Bonchev–Trinajstić information content (AvgIpc) is 3.12. The fraction of sp³-hybridized carbons (Fsp3) is 0.174. The smallest absolute Gasteiger partial charge is 0.338 e. The van der Waals surface area contributed by atoms with Crippen molar-refractivity contribution in [3.63, 3.8) is 0 Å². The van der Waals surface area contributed by atoms with Gasteiger partial charge in [0, 0.05) is 18.2 Å². The van der Waals surface area contributed by atoms with Crippen molar-refractivity contribution in [2.24, 2.45) is 4.99 Å². The maximum absolute atomic E-state index is 13.5. The van der Waals surface area contributed by atoms with Crippen molar-refractivity contribution in [1.29, 1.82) is 0 Å². The number of fused-ring (bicyclic) bond motifs is 1. The minimum atomic E-state index is -1.03. The van der Waals surface area contributed by atoms with Gasteiger partial charge >= 0.3 is 5.97 Å². The number of allylic oxidation sites excluding steroid dienone is 1. The largest absolute Gasteiger partial charge is 0.463 e. The molecule has 0 bridgehead atoms. The van der Waals surface area contributed by atoms with Gasteiger partial charge in [-0.25, -0.2) is 9.79 Å². The van der Waals surface area contributed by atoms with Crippen LogP contribution in [0.15, 0.2) is 69.6 Å². The fourth-order valence-corrected chi connectivity index (χ4v) is 4.87. The van der Waals surface area contributed by atoms with E-state index in [-0.39, 0.29) is 38.5 Å². The highest BCUT2D eigenvalue weighted by Gasteiger charge is 2.34. The van der Waals surface area contributed by atoms with Crippen molar-refractivity contribution in [1.82, 2.24) is 4.57 Å². The fourth-order valence-electron chi connectivity index (χ4n) is 3.83. The molecule has 35 heavy (non-hydrogen) atoms. The Morgan fingerprint density at radius 3 is 2.60 bits per heavy atom. The number of carbonyl (C=O) groups excluding carboxylic acids is 1. The number of rotatable bonds is 6. The highest BCUT2D eigenvalue weighted by molar-refractivity contribution is 7.07. The number of carbonyl (C=O) groups is 1. The lowest BCUT2D eigenvalue weighted by atomic mass is 9.95. The second kappa shape index (κ2) is 9.43. The first-order chi connectivity index (χ1) is 16.7. The van der Waals surface area contributed by atoms with Crippen LogP contribution >= 0.6 is 11.3 Å². The molecule has 12 heteroatoms. The molecule has 0 spiro atoms. The van der Waals surface area contributed by atoms with Gasteiger partial charge in [-0.3, -0.25) is 29.6 Å². The maximum Gasteiger partial charge on any atom is 0.338 e. The Balaban J connectivity index is 2.00. The molecule has 1 aromatic heterocycles. The van der Waals surface area contributed by atoms with E-state index >= 15 is 0 Å². The second-order valence-corrected chi connectivity index (χ2v) is 8.48. The normalized spacial score (nSPS) is 15.4. The summed E-state index contributed by atoms with van der Waals surface area (Å²) in [5.41, 5.74) is 0.0263. The van der Waals surface area contributed by atoms with Crippen LogP contribution in [0.3, 0.4) is 0 Å².